The second-order valence-corrected chi connectivity index (χ2v) is 8.71. The summed E-state index contributed by atoms with van der Waals surface area (Å²) < 4.78 is 51.1. The summed E-state index contributed by atoms with van der Waals surface area (Å²) in [5, 5.41) is 13.1. The lowest BCUT2D eigenvalue weighted by Gasteiger charge is -2.27. The number of hydrogen-bond acceptors (Lipinski definition) is 8. The zero-order chi connectivity index (χ0) is 28.0. The molecule has 0 radical (unpaired) electrons. The van der Waals surface area contributed by atoms with E-state index in [1.807, 2.05) is 0 Å². The molecule has 38 heavy (non-hydrogen) atoms. The first-order valence-corrected chi connectivity index (χ1v) is 11.9. The molecule has 3 rings (SSSR count). The summed E-state index contributed by atoms with van der Waals surface area (Å²) in [5.74, 6) is -2.61. The molecule has 0 aliphatic heterocycles. The zero-order valence-electron chi connectivity index (χ0n) is 21.5. The fourth-order valence-corrected chi connectivity index (χ4v) is 4.22. The van der Waals surface area contributed by atoms with E-state index < -0.39 is 35.7 Å². The monoisotopic (exact) mass is 546 g/mol. The molecule has 8 nitrogen and oxygen atoms in total. The molecule has 0 amide bonds. The number of thiocarbonyl (C=S) groups is 1. The van der Waals surface area contributed by atoms with Crippen molar-refractivity contribution in [3.63, 3.8) is 0 Å². The van der Waals surface area contributed by atoms with Crippen molar-refractivity contribution in [2.75, 3.05) is 21.3 Å². The normalized spacial score (nSPS) is 12.4. The topological polar surface area (TPSA) is 99.1 Å². The van der Waals surface area contributed by atoms with E-state index >= 15 is 8.78 Å². The highest BCUT2D eigenvalue weighted by molar-refractivity contribution is 7.80. The number of aromatic hydroxyl groups is 1. The Morgan fingerprint density at radius 2 is 1.50 bits per heavy atom. The van der Waals surface area contributed by atoms with Crippen molar-refractivity contribution in [2.24, 2.45) is 0 Å². The Hall–Kier alpha value is -3.99. The van der Waals surface area contributed by atoms with Crippen LogP contribution in [0.2, 0.25) is 0 Å². The quantitative estimate of drug-likeness (QED) is 0.281. The largest absolute Gasteiger partial charge is 0.503 e. The van der Waals surface area contributed by atoms with Gasteiger partial charge >= 0.3 is 5.97 Å². The number of pyridine rings is 1. The number of ether oxygens (including phenoxy) is 4. The van der Waals surface area contributed by atoms with Gasteiger partial charge in [-0.05, 0) is 37.1 Å². The van der Waals surface area contributed by atoms with Crippen LogP contribution in [0.25, 0.3) is 0 Å². The van der Waals surface area contributed by atoms with Gasteiger partial charge in [0, 0.05) is 24.4 Å². The minimum Gasteiger partial charge on any atom is -0.503 e. The predicted molar refractivity (Wildman–Crippen MR) is 140 cm³/mol. The van der Waals surface area contributed by atoms with E-state index in [1.54, 1.807) is 0 Å². The zero-order valence-corrected chi connectivity index (χ0v) is 22.3. The maximum Gasteiger partial charge on any atom is 0.328 e. The number of methoxy groups -OCH3 is 3. The molecule has 0 aliphatic carbocycles. The Kier molecular flexibility index (Phi) is 9.40. The van der Waals surface area contributed by atoms with Crippen LogP contribution in [0.15, 0.2) is 48.7 Å². The molecule has 2 N–H and O–H groups in total. The van der Waals surface area contributed by atoms with Gasteiger partial charge in [0.15, 0.2) is 11.5 Å². The molecule has 2 atom stereocenters. The fourth-order valence-electron chi connectivity index (χ4n) is 3.89. The van der Waals surface area contributed by atoms with E-state index in [4.69, 9.17) is 31.2 Å². The van der Waals surface area contributed by atoms with Gasteiger partial charge < -0.3 is 29.4 Å². The molecule has 0 aliphatic rings. The van der Waals surface area contributed by atoms with Crippen LogP contribution in [0.1, 0.15) is 36.6 Å². The third kappa shape index (κ3) is 6.28. The molecule has 3 aromatic rings. The molecule has 202 valence electrons. The second-order valence-electron chi connectivity index (χ2n) is 8.30. The van der Waals surface area contributed by atoms with Gasteiger partial charge in [-0.1, -0.05) is 24.4 Å². The van der Waals surface area contributed by atoms with Crippen molar-refractivity contribution < 1.29 is 37.6 Å². The first kappa shape index (κ1) is 28.6. The van der Waals surface area contributed by atoms with Gasteiger partial charge in [-0.2, -0.15) is 0 Å². The molecule has 0 unspecified atom stereocenters. The summed E-state index contributed by atoms with van der Waals surface area (Å²) in [6, 6.07) is 8.82. The molecule has 1 aromatic heterocycles. The van der Waals surface area contributed by atoms with Crippen LogP contribution in [0.3, 0.4) is 0 Å². The summed E-state index contributed by atoms with van der Waals surface area (Å²) in [7, 11) is 4.18. The van der Waals surface area contributed by atoms with Crippen molar-refractivity contribution in [3.05, 3.63) is 77.1 Å². The highest BCUT2D eigenvalue weighted by atomic mass is 32.1. The number of aromatic nitrogens is 1. The lowest BCUT2D eigenvalue weighted by Crippen LogP contribution is -2.41. The number of benzene rings is 2. The smallest absolute Gasteiger partial charge is 0.328 e. The fraction of sp³-hybridized carbons (Fsp3) is 0.296. The Morgan fingerprint density at radius 1 is 0.947 bits per heavy atom. The summed E-state index contributed by atoms with van der Waals surface area (Å²) in [6.45, 7) is 3.03. The summed E-state index contributed by atoms with van der Waals surface area (Å²) in [6.07, 6.45) is 0.388. The van der Waals surface area contributed by atoms with Crippen LogP contribution in [0.4, 0.5) is 8.78 Å². The number of hydrogen-bond donors (Lipinski definition) is 2. The number of esters is 1. The van der Waals surface area contributed by atoms with E-state index in [1.165, 1.54) is 83.8 Å². The Balaban J connectivity index is 1.86. The molecule has 0 fully saturated rings. The van der Waals surface area contributed by atoms with Crippen LogP contribution in [-0.4, -0.2) is 54.5 Å². The van der Waals surface area contributed by atoms with Crippen LogP contribution >= 0.6 is 12.2 Å². The van der Waals surface area contributed by atoms with E-state index in [0.29, 0.717) is 0 Å². The highest BCUT2D eigenvalue weighted by Gasteiger charge is 2.31. The average molecular weight is 547 g/mol. The van der Waals surface area contributed by atoms with Crippen molar-refractivity contribution in [3.8, 4) is 23.0 Å². The first-order valence-electron chi connectivity index (χ1n) is 11.5. The minimum absolute atomic E-state index is 0.0162. The van der Waals surface area contributed by atoms with Crippen LogP contribution < -0.4 is 19.5 Å². The number of carbonyl (C=O) groups is 1. The van der Waals surface area contributed by atoms with Crippen LogP contribution in [-0.2, 0) is 9.53 Å². The molecule has 0 saturated heterocycles. The second kappa shape index (κ2) is 12.5. The van der Waals surface area contributed by atoms with Crippen molar-refractivity contribution in [2.45, 2.75) is 31.9 Å². The summed E-state index contributed by atoms with van der Waals surface area (Å²) >= 11 is 5.29. The number of nitrogens with zero attached hydrogens (tertiary/aromatic N) is 1. The van der Waals surface area contributed by atoms with Crippen LogP contribution in [0, 0.1) is 11.6 Å². The Morgan fingerprint density at radius 3 is 1.97 bits per heavy atom. The third-order valence-corrected chi connectivity index (χ3v) is 6.19. The van der Waals surface area contributed by atoms with Gasteiger partial charge in [0.1, 0.15) is 46.0 Å². The summed E-state index contributed by atoms with van der Waals surface area (Å²) in [4.78, 5) is 17.0. The number of nitrogens with one attached hydrogen (secondary N) is 1. The average Bonchev–Trinajstić information content (AvgIpc) is 2.90. The lowest BCUT2D eigenvalue weighted by atomic mass is 9.86. The van der Waals surface area contributed by atoms with Crippen molar-refractivity contribution in [1.82, 2.24) is 10.3 Å². The van der Waals surface area contributed by atoms with Gasteiger partial charge in [-0.15, -0.1) is 0 Å². The first-order chi connectivity index (χ1) is 18.1. The maximum absolute atomic E-state index is 15.1. The number of rotatable bonds is 10. The van der Waals surface area contributed by atoms with Crippen molar-refractivity contribution in [1.29, 1.82) is 0 Å². The standard InChI is InChI=1S/C27H28F2N2O6S/c1-14(31-26(38)24-25(32)22(36-5)10-11-30-24)27(33)37-15(2)23(18-8-6-16(34-3)12-20(18)28)19-9-7-17(35-4)13-21(19)29/h6-15,23,32H,1-5H3,(H,31,38)/t14-,15-/m0/s1. The van der Waals surface area contributed by atoms with E-state index in [-0.39, 0.29) is 44.8 Å². The van der Waals surface area contributed by atoms with E-state index in [2.05, 4.69) is 10.3 Å². The number of carbonyl (C=O) groups excluding carboxylic acids is 1. The Labute approximate surface area is 224 Å². The van der Waals surface area contributed by atoms with E-state index in [9.17, 15) is 9.90 Å². The predicted octanol–water partition coefficient (Wildman–Crippen LogP) is 4.51. The Bertz CT molecular complexity index is 1270. The minimum atomic E-state index is -1.01. The molecule has 11 heteroatoms. The van der Waals surface area contributed by atoms with Crippen LogP contribution in [0.5, 0.6) is 23.0 Å². The molecule has 0 saturated carbocycles. The van der Waals surface area contributed by atoms with Gasteiger partial charge in [-0.3, -0.25) is 0 Å². The maximum atomic E-state index is 15.1. The third-order valence-electron chi connectivity index (χ3n) is 5.88. The summed E-state index contributed by atoms with van der Waals surface area (Å²) in [5.41, 5.74) is 0.235. The van der Waals surface area contributed by atoms with Gasteiger partial charge in [0.2, 0.25) is 0 Å². The van der Waals surface area contributed by atoms with E-state index in [0.717, 1.165) is 0 Å². The molecular weight excluding hydrogens is 518 g/mol. The molecule has 2 aromatic carbocycles. The lowest BCUT2D eigenvalue weighted by molar-refractivity contribution is -0.150. The molecule has 1 heterocycles. The van der Waals surface area contributed by atoms with Gasteiger partial charge in [0.25, 0.3) is 0 Å². The molecule has 0 bridgehead atoms. The molecule has 0 spiro atoms. The van der Waals surface area contributed by atoms with Gasteiger partial charge in [-0.25, -0.2) is 18.6 Å². The highest BCUT2D eigenvalue weighted by Crippen LogP contribution is 2.36. The number of halogens is 2. The van der Waals surface area contributed by atoms with Crippen molar-refractivity contribution >= 4 is 23.2 Å². The molecular formula is C27H28F2N2O6S. The van der Waals surface area contributed by atoms with Gasteiger partial charge in [0.05, 0.1) is 27.2 Å². The SMILES string of the molecule is COc1ccc(C(c2ccc(OC)cc2F)[C@H](C)OC(=O)[C@H](C)NC(=S)c2nccc(OC)c2O)c(F)c1.